The molecule has 180 valence electrons. The fourth-order valence-electron chi connectivity index (χ4n) is 5.86. The van der Waals surface area contributed by atoms with Crippen LogP contribution in [0.15, 0.2) is 24.3 Å². The van der Waals surface area contributed by atoms with Crippen LogP contribution in [0.2, 0.25) is 5.02 Å². The molecular weight excluding hydrogens is 446 g/mol. The molecule has 2 bridgehead atoms. The van der Waals surface area contributed by atoms with Crippen molar-refractivity contribution in [3.8, 4) is 0 Å². The molecule has 3 aliphatic rings. The van der Waals surface area contributed by atoms with Gasteiger partial charge in [-0.1, -0.05) is 18.5 Å². The molecule has 3 saturated heterocycles. The number of halogens is 1. The first-order chi connectivity index (χ1) is 15.8. The van der Waals surface area contributed by atoms with E-state index in [2.05, 4.69) is 10.6 Å². The summed E-state index contributed by atoms with van der Waals surface area (Å²) in [6.07, 6.45) is 3.01. The smallest absolute Gasteiger partial charge is 0.250 e. The Balaban J connectivity index is 1.67. The van der Waals surface area contributed by atoms with E-state index in [0.717, 1.165) is 6.42 Å². The van der Waals surface area contributed by atoms with Gasteiger partial charge in [0, 0.05) is 30.4 Å². The summed E-state index contributed by atoms with van der Waals surface area (Å²) in [5.74, 6) is -2.09. The van der Waals surface area contributed by atoms with Gasteiger partial charge in [-0.15, -0.1) is 0 Å². The van der Waals surface area contributed by atoms with Crippen molar-refractivity contribution in [1.82, 2.24) is 10.2 Å². The summed E-state index contributed by atoms with van der Waals surface area (Å²) >= 11 is 5.96. The van der Waals surface area contributed by atoms with E-state index in [9.17, 15) is 19.5 Å². The molecule has 5 atom stereocenters. The van der Waals surface area contributed by atoms with Gasteiger partial charge in [-0.2, -0.15) is 0 Å². The summed E-state index contributed by atoms with van der Waals surface area (Å²) < 4.78 is 6.53. The third-order valence-electron chi connectivity index (χ3n) is 7.28. The number of likely N-dealkylation sites (tertiary alicyclic amines) is 1. The van der Waals surface area contributed by atoms with E-state index in [4.69, 9.17) is 16.3 Å². The highest BCUT2D eigenvalue weighted by Gasteiger charge is 2.77. The molecule has 3 aliphatic heterocycles. The van der Waals surface area contributed by atoms with Gasteiger partial charge in [0.1, 0.15) is 11.6 Å². The second-order valence-corrected chi connectivity index (χ2v) is 9.91. The van der Waals surface area contributed by atoms with E-state index in [1.54, 1.807) is 29.2 Å². The first-order valence-corrected chi connectivity index (χ1v) is 12.1. The molecule has 33 heavy (non-hydrogen) atoms. The predicted molar refractivity (Wildman–Crippen MR) is 124 cm³/mol. The average Bonchev–Trinajstić information content (AvgIpc) is 3.35. The second kappa shape index (κ2) is 9.24. The van der Waals surface area contributed by atoms with Gasteiger partial charge in [0.2, 0.25) is 17.7 Å². The maximum absolute atomic E-state index is 13.7. The number of ether oxygens (including phenoxy) is 1. The molecule has 0 saturated carbocycles. The zero-order valence-corrected chi connectivity index (χ0v) is 19.9. The number of aliphatic hydroxyl groups excluding tert-OH is 1. The number of hydrogen-bond donors (Lipinski definition) is 3. The van der Waals surface area contributed by atoms with Crippen LogP contribution < -0.4 is 10.6 Å². The number of amides is 3. The highest BCUT2D eigenvalue weighted by atomic mass is 35.5. The number of unbranched alkanes of at least 4 members (excludes halogenated alkanes) is 1. The monoisotopic (exact) mass is 477 g/mol. The van der Waals surface area contributed by atoms with Crippen LogP contribution in [0.1, 0.15) is 46.0 Å². The lowest BCUT2D eigenvalue weighted by Gasteiger charge is -2.33. The molecule has 9 heteroatoms. The largest absolute Gasteiger partial charge is 0.396 e. The van der Waals surface area contributed by atoms with E-state index in [-0.39, 0.29) is 24.3 Å². The number of rotatable bonds is 9. The van der Waals surface area contributed by atoms with Crippen LogP contribution in [0, 0.1) is 11.8 Å². The van der Waals surface area contributed by atoms with Crippen molar-refractivity contribution in [2.75, 3.05) is 25.0 Å². The Hall–Kier alpha value is -2.16. The first-order valence-electron chi connectivity index (χ1n) is 11.7. The van der Waals surface area contributed by atoms with Crippen LogP contribution in [0.4, 0.5) is 5.69 Å². The maximum atomic E-state index is 13.7. The molecule has 8 nitrogen and oxygen atoms in total. The number of carbonyl (C=O) groups excluding carboxylic acids is 3. The van der Waals surface area contributed by atoms with Gasteiger partial charge in [-0.25, -0.2) is 0 Å². The molecule has 0 aliphatic carbocycles. The lowest BCUT2D eigenvalue weighted by molar-refractivity contribution is -0.144. The quantitative estimate of drug-likeness (QED) is 0.473. The molecule has 1 aromatic carbocycles. The van der Waals surface area contributed by atoms with Gasteiger partial charge in [0.05, 0.1) is 17.4 Å². The van der Waals surface area contributed by atoms with E-state index in [1.165, 1.54) is 0 Å². The number of benzene rings is 1. The number of nitrogens with one attached hydrogen (secondary N) is 2. The van der Waals surface area contributed by atoms with Crippen molar-refractivity contribution < 1.29 is 24.2 Å². The number of anilines is 1. The topological polar surface area (TPSA) is 108 Å². The van der Waals surface area contributed by atoms with E-state index in [1.807, 2.05) is 13.8 Å². The van der Waals surface area contributed by atoms with Crippen molar-refractivity contribution in [3.05, 3.63) is 29.3 Å². The highest BCUT2D eigenvalue weighted by Crippen LogP contribution is 2.63. The molecule has 3 amide bonds. The van der Waals surface area contributed by atoms with Crippen molar-refractivity contribution in [2.45, 2.75) is 63.2 Å². The molecule has 2 unspecified atom stereocenters. The third kappa shape index (κ3) is 4.02. The van der Waals surface area contributed by atoms with E-state index in [0.29, 0.717) is 49.5 Å². The molecule has 1 aromatic rings. The summed E-state index contributed by atoms with van der Waals surface area (Å²) in [5, 5.41) is 15.6. The lowest BCUT2D eigenvalue weighted by atomic mass is 9.66. The standard InChI is InChI=1S/C24H32ClN3O5/c1-3-12-26-20(30)17-18-22(32)28(13-4-5-14-29)19(24(18)11-10-23(17,2)33-24)21(31)27-16-8-6-15(25)7-9-16/h6-9,17-19,29H,3-5,10-14H2,1-2H3,(H,26,30)(H,27,31)/t17-,18-,19?,23+,24?/m0/s1. The van der Waals surface area contributed by atoms with Crippen LogP contribution in [-0.2, 0) is 19.1 Å². The molecule has 0 aromatic heterocycles. The van der Waals surface area contributed by atoms with Crippen molar-refractivity contribution in [2.24, 2.45) is 11.8 Å². The Labute approximate surface area is 199 Å². The SMILES string of the molecule is CCCNC(=O)[C@@H]1[C@H]2C(=O)N(CCCCO)C(C(=O)Nc3ccc(Cl)cc3)C23CC[C@@]1(C)O3. The van der Waals surface area contributed by atoms with Crippen LogP contribution in [-0.4, -0.2) is 64.7 Å². The lowest BCUT2D eigenvalue weighted by Crippen LogP contribution is -2.53. The molecule has 0 radical (unpaired) electrons. The van der Waals surface area contributed by atoms with Crippen LogP contribution in [0.3, 0.4) is 0 Å². The van der Waals surface area contributed by atoms with Gasteiger partial charge in [-0.05, 0) is 63.3 Å². The Morgan fingerprint density at radius 1 is 1.21 bits per heavy atom. The molecule has 1 spiro atoms. The number of fused-ring (bicyclic) bond motifs is 1. The number of nitrogens with zero attached hydrogens (tertiary/aromatic N) is 1. The minimum absolute atomic E-state index is 0.00879. The summed E-state index contributed by atoms with van der Waals surface area (Å²) in [6.45, 7) is 4.71. The van der Waals surface area contributed by atoms with Gasteiger partial charge in [0.15, 0.2) is 0 Å². The normalized spacial score (nSPS) is 32.2. The third-order valence-corrected chi connectivity index (χ3v) is 7.53. The minimum atomic E-state index is -1.05. The zero-order chi connectivity index (χ0) is 23.8. The van der Waals surface area contributed by atoms with E-state index < -0.39 is 29.1 Å². The van der Waals surface area contributed by atoms with Gasteiger partial charge in [0.25, 0.3) is 0 Å². The first kappa shape index (κ1) is 24.0. The van der Waals surface area contributed by atoms with Crippen molar-refractivity contribution >= 4 is 35.0 Å². The fraction of sp³-hybridized carbons (Fsp3) is 0.625. The minimum Gasteiger partial charge on any atom is -0.396 e. The highest BCUT2D eigenvalue weighted by molar-refractivity contribution is 6.30. The van der Waals surface area contributed by atoms with Gasteiger partial charge < -0.3 is 25.4 Å². The van der Waals surface area contributed by atoms with Crippen molar-refractivity contribution in [3.63, 3.8) is 0 Å². The van der Waals surface area contributed by atoms with Crippen molar-refractivity contribution in [1.29, 1.82) is 0 Å². The second-order valence-electron chi connectivity index (χ2n) is 9.48. The molecule has 3 heterocycles. The summed E-state index contributed by atoms with van der Waals surface area (Å²) in [6, 6.07) is 5.93. The predicted octanol–water partition coefficient (Wildman–Crippen LogP) is 2.34. The van der Waals surface area contributed by atoms with Gasteiger partial charge in [-0.3, -0.25) is 14.4 Å². The number of carbonyl (C=O) groups is 3. The van der Waals surface area contributed by atoms with Crippen LogP contribution in [0.25, 0.3) is 0 Å². The van der Waals surface area contributed by atoms with Crippen LogP contribution in [0.5, 0.6) is 0 Å². The number of aliphatic hydroxyl groups is 1. The Kier molecular flexibility index (Phi) is 6.71. The maximum Gasteiger partial charge on any atom is 0.250 e. The average molecular weight is 478 g/mol. The summed E-state index contributed by atoms with van der Waals surface area (Å²) in [5.41, 5.74) is -1.26. The number of hydrogen-bond acceptors (Lipinski definition) is 5. The Bertz CT molecular complexity index is 925. The summed E-state index contributed by atoms with van der Waals surface area (Å²) in [4.78, 5) is 42.0. The van der Waals surface area contributed by atoms with Crippen LogP contribution >= 0.6 is 11.6 Å². The Morgan fingerprint density at radius 2 is 1.94 bits per heavy atom. The molecular formula is C24H32ClN3O5. The zero-order valence-electron chi connectivity index (χ0n) is 19.1. The summed E-state index contributed by atoms with van der Waals surface area (Å²) in [7, 11) is 0. The van der Waals surface area contributed by atoms with E-state index >= 15 is 0 Å². The molecule has 3 N–H and O–H groups in total. The molecule has 4 rings (SSSR count). The fourth-order valence-corrected chi connectivity index (χ4v) is 5.99. The van der Waals surface area contributed by atoms with Gasteiger partial charge >= 0.3 is 0 Å². The Morgan fingerprint density at radius 3 is 2.61 bits per heavy atom. The molecule has 3 fully saturated rings.